The number of alkyl halides is 3. The first-order chi connectivity index (χ1) is 8.53. The zero-order chi connectivity index (χ0) is 14.8. The van der Waals surface area contributed by atoms with Crippen molar-refractivity contribution in [2.75, 3.05) is 6.54 Å². The summed E-state index contributed by atoms with van der Waals surface area (Å²) in [5, 5.41) is 10.5. The topological polar surface area (TPSA) is 89.3 Å². The van der Waals surface area contributed by atoms with Crippen LogP contribution in [0.15, 0.2) is 10.3 Å². The van der Waals surface area contributed by atoms with Crippen LogP contribution in [-0.2, 0) is 10.0 Å². The molecule has 0 spiro atoms. The molecule has 0 bridgehead atoms. The summed E-state index contributed by atoms with van der Waals surface area (Å²) in [7, 11) is -4.24. The van der Waals surface area contributed by atoms with E-state index < -0.39 is 44.0 Å². The summed E-state index contributed by atoms with van der Waals surface area (Å²) in [4.78, 5) is 9.59. The summed E-state index contributed by atoms with van der Waals surface area (Å²) in [6.45, 7) is -0.852. The molecule has 0 saturated carbocycles. The minimum atomic E-state index is -4.50. The van der Waals surface area contributed by atoms with E-state index in [1.54, 1.807) is 4.72 Å². The maximum Gasteiger partial charge on any atom is 0.390 e. The third-order valence-electron chi connectivity index (χ3n) is 1.81. The van der Waals surface area contributed by atoms with Crippen LogP contribution in [0.3, 0.4) is 0 Å². The largest absolute Gasteiger partial charge is 0.390 e. The van der Waals surface area contributed by atoms with Crippen LogP contribution in [0.4, 0.5) is 18.9 Å². The third-order valence-corrected chi connectivity index (χ3v) is 5.08. The Balaban J connectivity index is 2.84. The maximum absolute atomic E-state index is 11.9. The Morgan fingerprint density at radius 2 is 2.05 bits per heavy atom. The highest BCUT2D eigenvalue weighted by molar-refractivity contribution is 7.91. The van der Waals surface area contributed by atoms with E-state index in [0.29, 0.717) is 17.4 Å². The van der Waals surface area contributed by atoms with E-state index in [4.69, 9.17) is 11.6 Å². The fourth-order valence-corrected chi connectivity index (χ4v) is 3.73. The lowest BCUT2D eigenvalue weighted by atomic mass is 10.4. The van der Waals surface area contributed by atoms with Crippen LogP contribution < -0.4 is 4.72 Å². The van der Waals surface area contributed by atoms with Crippen molar-refractivity contribution < 1.29 is 26.5 Å². The van der Waals surface area contributed by atoms with Gasteiger partial charge in [0, 0.05) is 12.6 Å². The normalized spacial score (nSPS) is 12.6. The fourth-order valence-electron chi connectivity index (χ4n) is 0.994. The molecule has 1 aromatic rings. The number of nitro groups is 1. The van der Waals surface area contributed by atoms with E-state index in [0.717, 1.165) is 0 Å². The van der Waals surface area contributed by atoms with Gasteiger partial charge in [0.25, 0.3) is 5.69 Å². The number of sulfonamides is 1. The zero-order valence-corrected chi connectivity index (χ0v) is 11.3. The fraction of sp³-hybridized carbons (Fsp3) is 0.429. The van der Waals surface area contributed by atoms with Crippen LogP contribution in [0.2, 0.25) is 4.34 Å². The molecule has 0 aliphatic carbocycles. The van der Waals surface area contributed by atoms with E-state index >= 15 is 0 Å². The van der Waals surface area contributed by atoms with Crippen molar-refractivity contribution in [3.8, 4) is 0 Å². The van der Waals surface area contributed by atoms with Crippen LogP contribution in [0, 0.1) is 10.1 Å². The molecule has 1 N–H and O–H groups in total. The molecule has 0 radical (unpaired) electrons. The summed E-state index contributed by atoms with van der Waals surface area (Å²) in [6, 6.07) is 0.697. The molecule has 19 heavy (non-hydrogen) atoms. The molecule has 12 heteroatoms. The molecular weight excluding hydrogens is 333 g/mol. The van der Waals surface area contributed by atoms with E-state index in [1.807, 2.05) is 0 Å². The van der Waals surface area contributed by atoms with Gasteiger partial charge in [-0.3, -0.25) is 10.1 Å². The first kappa shape index (κ1) is 16.1. The summed E-state index contributed by atoms with van der Waals surface area (Å²) in [6.07, 6.45) is -5.84. The standard InChI is InChI=1S/C7H6ClF3N2O4S2/c8-6-4(13(14)15)3-5(18-6)19(16,17)12-2-1-7(9,10)11/h3,12H,1-2H2. The third kappa shape index (κ3) is 4.60. The van der Waals surface area contributed by atoms with Crippen LogP contribution in [-0.4, -0.2) is 26.1 Å². The highest BCUT2D eigenvalue weighted by Gasteiger charge is 2.29. The lowest BCUT2D eigenvalue weighted by Gasteiger charge is -2.06. The summed E-state index contributed by atoms with van der Waals surface area (Å²) in [5.74, 6) is 0. The van der Waals surface area contributed by atoms with Gasteiger partial charge in [0.05, 0.1) is 11.3 Å². The van der Waals surface area contributed by atoms with Gasteiger partial charge in [-0.1, -0.05) is 11.6 Å². The number of nitrogens with one attached hydrogen (secondary N) is 1. The SMILES string of the molecule is O=[N+]([O-])c1cc(S(=O)(=O)NCCC(F)(F)F)sc1Cl. The number of hydrogen-bond donors (Lipinski definition) is 1. The van der Waals surface area contributed by atoms with Gasteiger partial charge < -0.3 is 0 Å². The molecule has 1 aromatic heterocycles. The van der Waals surface area contributed by atoms with Gasteiger partial charge in [0.1, 0.15) is 4.21 Å². The Kier molecular flexibility index (Phi) is 4.76. The van der Waals surface area contributed by atoms with Gasteiger partial charge >= 0.3 is 6.18 Å². The van der Waals surface area contributed by atoms with Gasteiger partial charge in [0.15, 0.2) is 4.34 Å². The molecule has 6 nitrogen and oxygen atoms in total. The van der Waals surface area contributed by atoms with Crippen molar-refractivity contribution >= 4 is 38.6 Å². The van der Waals surface area contributed by atoms with Crippen LogP contribution in [0.25, 0.3) is 0 Å². The number of nitrogens with zero attached hydrogens (tertiary/aromatic N) is 1. The molecule has 0 saturated heterocycles. The van der Waals surface area contributed by atoms with E-state index in [9.17, 15) is 31.7 Å². The van der Waals surface area contributed by atoms with Gasteiger partial charge in [-0.05, 0) is 0 Å². The second-order valence-corrected chi connectivity index (χ2v) is 6.89. The van der Waals surface area contributed by atoms with E-state index in [2.05, 4.69) is 0 Å². The molecule has 0 amide bonds. The average molecular weight is 339 g/mol. The molecule has 0 atom stereocenters. The first-order valence-corrected chi connectivity index (χ1v) is 7.21. The maximum atomic E-state index is 11.9. The molecule has 108 valence electrons. The van der Waals surface area contributed by atoms with E-state index in [1.165, 1.54) is 0 Å². The molecule has 1 rings (SSSR count). The zero-order valence-electron chi connectivity index (χ0n) is 8.90. The summed E-state index contributed by atoms with van der Waals surface area (Å²) in [5.41, 5.74) is -0.608. The monoisotopic (exact) mass is 338 g/mol. The van der Waals surface area contributed by atoms with Crippen molar-refractivity contribution in [3.63, 3.8) is 0 Å². The Hall–Kier alpha value is -0.910. The smallest absolute Gasteiger partial charge is 0.258 e. The number of hydrogen-bond acceptors (Lipinski definition) is 5. The minimum absolute atomic E-state index is 0.360. The van der Waals surface area contributed by atoms with Crippen molar-refractivity contribution in [1.82, 2.24) is 4.72 Å². The number of halogens is 4. The molecular formula is C7H6ClF3N2O4S2. The second-order valence-electron chi connectivity index (χ2n) is 3.24. The van der Waals surface area contributed by atoms with Gasteiger partial charge in [0.2, 0.25) is 10.0 Å². The summed E-state index contributed by atoms with van der Waals surface area (Å²) < 4.78 is 59.5. The van der Waals surface area contributed by atoms with Crippen LogP contribution >= 0.6 is 22.9 Å². The molecule has 0 unspecified atom stereocenters. The lowest BCUT2D eigenvalue weighted by Crippen LogP contribution is -2.27. The predicted molar refractivity (Wildman–Crippen MR) is 61.8 cm³/mol. The average Bonchev–Trinajstić information content (AvgIpc) is 2.58. The Morgan fingerprint density at radius 3 is 2.47 bits per heavy atom. The molecule has 1 heterocycles. The molecule has 0 aliphatic heterocycles. The quantitative estimate of drug-likeness (QED) is 0.660. The molecule has 0 aromatic carbocycles. The molecule has 0 aliphatic rings. The highest BCUT2D eigenvalue weighted by atomic mass is 35.5. The van der Waals surface area contributed by atoms with Gasteiger partial charge in [-0.2, -0.15) is 13.2 Å². The Bertz CT molecular complexity index is 584. The van der Waals surface area contributed by atoms with Gasteiger partial charge in [-0.15, -0.1) is 11.3 Å². The van der Waals surface area contributed by atoms with Crippen molar-refractivity contribution in [3.05, 3.63) is 20.5 Å². The van der Waals surface area contributed by atoms with Crippen molar-refractivity contribution in [1.29, 1.82) is 0 Å². The molecule has 0 fully saturated rings. The van der Waals surface area contributed by atoms with Crippen LogP contribution in [0.1, 0.15) is 6.42 Å². The summed E-state index contributed by atoms with van der Waals surface area (Å²) >= 11 is 5.86. The Morgan fingerprint density at radius 1 is 1.47 bits per heavy atom. The highest BCUT2D eigenvalue weighted by Crippen LogP contribution is 2.36. The second kappa shape index (κ2) is 5.61. The lowest BCUT2D eigenvalue weighted by molar-refractivity contribution is -0.384. The minimum Gasteiger partial charge on any atom is -0.258 e. The van der Waals surface area contributed by atoms with Crippen molar-refractivity contribution in [2.24, 2.45) is 0 Å². The predicted octanol–water partition coefficient (Wildman–Crippen LogP) is 2.54. The van der Waals surface area contributed by atoms with Crippen LogP contribution in [0.5, 0.6) is 0 Å². The van der Waals surface area contributed by atoms with E-state index in [-0.39, 0.29) is 4.34 Å². The first-order valence-electron chi connectivity index (χ1n) is 4.53. The number of thiophene rings is 1. The Labute approximate surface area is 114 Å². The van der Waals surface area contributed by atoms with Crippen molar-refractivity contribution in [2.45, 2.75) is 16.8 Å². The number of rotatable bonds is 5. The van der Waals surface area contributed by atoms with Gasteiger partial charge in [-0.25, -0.2) is 13.1 Å².